The van der Waals surface area contributed by atoms with Crippen LogP contribution < -0.4 is 15.4 Å². The van der Waals surface area contributed by atoms with Gasteiger partial charge in [0.25, 0.3) is 6.43 Å². The highest BCUT2D eigenvalue weighted by atomic mass is 35.5. The summed E-state index contributed by atoms with van der Waals surface area (Å²) in [6, 6.07) is 9.03. The van der Waals surface area contributed by atoms with Gasteiger partial charge >= 0.3 is 5.97 Å². The van der Waals surface area contributed by atoms with Gasteiger partial charge in [-0.15, -0.1) is 26.6 Å². The highest BCUT2D eigenvalue weighted by molar-refractivity contribution is 7.15. The standard InChI is InChI=1S/C52H57Cl2F2N11O7S/c1-27-28(2)75-49-42(27)44(30-8-10-31(53)11-9-30)59-35(47-62-60-29(3)67(47)49)21-39(68)58-23-40(69)57-18-20-66-45(46(55)56)36(61-63-66)25-74-38-13-12-34(54)32-14-19-65(48(71)33-7-5-6-15-51(33,4)50(72)73)37(43(32)38)24-64-26-52(16-17-52)22-41(64)70/h8-13,33,35,37,46H,5-7,14-26H2,1-4H3,(H,57,69)(H,58,68)(H,72,73)/t33-,35-,37+,51-/m0/s1. The predicted octanol–water partition coefficient (Wildman–Crippen LogP) is 7.60. The van der Waals surface area contributed by atoms with Crippen LogP contribution in [0.15, 0.2) is 41.4 Å². The first kappa shape index (κ1) is 52.1. The average Bonchev–Trinajstić information content (AvgIpc) is 3.56. The zero-order valence-corrected chi connectivity index (χ0v) is 44.3. The van der Waals surface area contributed by atoms with Crippen LogP contribution in [0.25, 0.3) is 5.00 Å². The number of fused-ring (bicyclic) bond motifs is 4. The third kappa shape index (κ3) is 10.0. The Balaban J connectivity index is 0.808. The van der Waals surface area contributed by atoms with Gasteiger partial charge in [0.05, 0.1) is 42.6 Å². The number of carbonyl (C=O) groups is 5. The van der Waals surface area contributed by atoms with Gasteiger partial charge in [0.1, 0.15) is 40.6 Å². The van der Waals surface area contributed by atoms with Gasteiger partial charge in [-0.1, -0.05) is 53.4 Å². The fourth-order valence-electron chi connectivity index (χ4n) is 11.3. The Morgan fingerprint density at radius 2 is 1.76 bits per heavy atom. The maximum atomic E-state index is 14.9. The Labute approximate surface area is 445 Å². The first-order valence-corrected chi connectivity index (χ1v) is 26.8. The van der Waals surface area contributed by atoms with E-state index in [0.717, 1.165) is 44.1 Å². The quantitative estimate of drug-likeness (QED) is 0.0874. The molecule has 4 atom stereocenters. The number of aliphatic imine (C=N–C) groups is 1. The van der Waals surface area contributed by atoms with Crippen LogP contribution in [0.4, 0.5) is 8.78 Å². The second-order valence-corrected chi connectivity index (χ2v) is 22.7. The van der Waals surface area contributed by atoms with Crippen molar-refractivity contribution in [3.05, 3.63) is 102 Å². The number of aryl methyl sites for hydroxylation is 2. The molecule has 75 heavy (non-hydrogen) atoms. The lowest BCUT2D eigenvalue weighted by Gasteiger charge is -2.45. The molecule has 2 aromatic carbocycles. The molecule has 396 valence electrons. The molecule has 0 bridgehead atoms. The molecule has 5 aliphatic rings. The van der Waals surface area contributed by atoms with Gasteiger partial charge in [-0.2, -0.15) is 0 Å². The molecule has 2 saturated carbocycles. The molecule has 2 aliphatic carbocycles. The number of hydrogen-bond donors (Lipinski definition) is 3. The average molecular weight is 1090 g/mol. The number of ether oxygens (including phenoxy) is 1. The number of likely N-dealkylation sites (tertiary alicyclic amines) is 1. The molecule has 3 fully saturated rings. The van der Waals surface area contributed by atoms with Gasteiger partial charge in [0, 0.05) is 64.2 Å². The Hall–Kier alpha value is -6.32. The van der Waals surface area contributed by atoms with Crippen molar-refractivity contribution < 1.29 is 42.6 Å². The van der Waals surface area contributed by atoms with E-state index in [1.165, 1.54) is 0 Å². The van der Waals surface area contributed by atoms with E-state index in [0.29, 0.717) is 83.6 Å². The number of nitrogens with one attached hydrogen (secondary N) is 2. The lowest BCUT2D eigenvalue weighted by molar-refractivity contribution is -0.162. The van der Waals surface area contributed by atoms with Gasteiger partial charge in [-0.25, -0.2) is 13.5 Å². The van der Waals surface area contributed by atoms with Crippen LogP contribution in [0.3, 0.4) is 0 Å². The number of alkyl halides is 2. The fraction of sp³-hybridized carbons (Fsp3) is 0.500. The summed E-state index contributed by atoms with van der Waals surface area (Å²) in [5, 5.41) is 34.3. The topological polar surface area (TPSA) is 219 Å². The minimum absolute atomic E-state index is 0.0290. The SMILES string of the molecule is Cc1sc2c(c1C)C(c1ccc(Cl)cc1)=N[C@@H](CC(=O)NCC(=O)NCCn1nnc(COc3ccc(Cl)c4c3[C@@H](CN3CC5(CC5)CC3=O)N(C(=O)[C@@H]3CCCC[C@]3(C)C(=O)O)CC4)c1C(F)F)c1nnc(C)n1-2. The predicted molar refractivity (Wildman–Crippen MR) is 273 cm³/mol. The molecule has 3 N–H and O–H groups in total. The van der Waals surface area contributed by atoms with Crippen molar-refractivity contribution in [3.8, 4) is 10.8 Å². The molecule has 18 nitrogen and oxygen atoms in total. The van der Waals surface area contributed by atoms with Crippen molar-refractivity contribution in [2.75, 3.05) is 32.7 Å². The van der Waals surface area contributed by atoms with E-state index in [1.54, 1.807) is 52.3 Å². The molecule has 3 aromatic heterocycles. The summed E-state index contributed by atoms with van der Waals surface area (Å²) < 4.78 is 39.0. The Kier molecular flexibility index (Phi) is 14.4. The van der Waals surface area contributed by atoms with E-state index >= 15 is 0 Å². The Bertz CT molecular complexity index is 3140. The smallest absolute Gasteiger partial charge is 0.310 e. The highest BCUT2D eigenvalue weighted by Gasteiger charge is 2.54. The summed E-state index contributed by atoms with van der Waals surface area (Å²) in [5.41, 5.74) is 2.60. The number of aromatic nitrogens is 6. The molecule has 10 rings (SSSR count). The molecule has 3 aliphatic heterocycles. The largest absolute Gasteiger partial charge is 0.487 e. The number of halogens is 4. The van der Waals surface area contributed by atoms with E-state index in [9.17, 15) is 37.9 Å². The number of nitrogens with zero attached hydrogens (tertiary/aromatic N) is 9. The van der Waals surface area contributed by atoms with Crippen molar-refractivity contribution in [3.63, 3.8) is 0 Å². The van der Waals surface area contributed by atoms with Crippen LogP contribution in [-0.4, -0.2) is 113 Å². The zero-order chi connectivity index (χ0) is 53.1. The summed E-state index contributed by atoms with van der Waals surface area (Å²) in [4.78, 5) is 77.1. The lowest BCUT2D eigenvalue weighted by Crippen LogP contribution is -2.52. The first-order valence-electron chi connectivity index (χ1n) is 25.2. The fourth-order valence-corrected chi connectivity index (χ4v) is 12.9. The van der Waals surface area contributed by atoms with Crippen molar-refractivity contribution >= 4 is 69.8 Å². The van der Waals surface area contributed by atoms with Crippen LogP contribution in [0, 0.1) is 37.5 Å². The molecule has 1 spiro atoms. The summed E-state index contributed by atoms with van der Waals surface area (Å²) in [6.45, 7) is 7.24. The molecule has 1 saturated heterocycles. The maximum Gasteiger partial charge on any atom is 0.310 e. The number of carboxylic acids is 1. The highest BCUT2D eigenvalue weighted by Crippen LogP contribution is 2.54. The lowest BCUT2D eigenvalue weighted by atomic mass is 9.66. The number of amides is 4. The number of hydrogen-bond acceptors (Lipinski definition) is 12. The number of aliphatic carboxylic acids is 1. The molecule has 4 amide bonds. The van der Waals surface area contributed by atoms with Crippen LogP contribution in [0.2, 0.25) is 10.0 Å². The van der Waals surface area contributed by atoms with Crippen molar-refractivity contribution in [1.29, 1.82) is 0 Å². The van der Waals surface area contributed by atoms with Gasteiger partial charge < -0.3 is 30.3 Å². The third-order valence-electron chi connectivity index (χ3n) is 15.9. The maximum absolute atomic E-state index is 14.9. The van der Waals surface area contributed by atoms with E-state index in [-0.39, 0.29) is 61.3 Å². The van der Waals surface area contributed by atoms with Gasteiger partial charge in [-0.05, 0) is 101 Å². The minimum atomic E-state index is -3.04. The number of rotatable bonds is 16. The van der Waals surface area contributed by atoms with Gasteiger partial charge in [-0.3, -0.25) is 33.5 Å². The Morgan fingerprint density at radius 1 is 0.987 bits per heavy atom. The molecular formula is C52H57Cl2F2N11O7S. The zero-order valence-electron chi connectivity index (χ0n) is 41.9. The van der Waals surface area contributed by atoms with Crippen molar-refractivity contribution in [1.82, 2.24) is 50.2 Å². The van der Waals surface area contributed by atoms with Crippen LogP contribution in [0.1, 0.15) is 133 Å². The van der Waals surface area contributed by atoms with Crippen LogP contribution in [-0.2, 0) is 43.5 Å². The van der Waals surface area contributed by atoms with E-state index in [2.05, 4.69) is 31.1 Å². The molecular weight excluding hydrogens is 1030 g/mol. The number of carboxylic acid groups (broad SMARTS) is 1. The van der Waals surface area contributed by atoms with E-state index in [1.807, 2.05) is 37.5 Å². The summed E-state index contributed by atoms with van der Waals surface area (Å²) >= 11 is 14.7. The number of thiophene rings is 1. The number of carbonyl (C=O) groups excluding carboxylic acids is 4. The normalized spacial score (nSPS) is 21.6. The second-order valence-electron chi connectivity index (χ2n) is 20.7. The van der Waals surface area contributed by atoms with Crippen LogP contribution >= 0.6 is 34.5 Å². The Morgan fingerprint density at radius 3 is 2.48 bits per heavy atom. The summed E-state index contributed by atoms with van der Waals surface area (Å²) in [7, 11) is 0. The minimum Gasteiger partial charge on any atom is -0.487 e. The van der Waals surface area contributed by atoms with Gasteiger partial charge in [0.15, 0.2) is 5.82 Å². The number of benzene rings is 2. The van der Waals surface area contributed by atoms with Gasteiger partial charge in [0.2, 0.25) is 23.6 Å². The van der Waals surface area contributed by atoms with E-state index in [4.69, 9.17) is 32.9 Å². The third-order valence-corrected chi connectivity index (χ3v) is 17.6. The van der Waals surface area contributed by atoms with Crippen LogP contribution in [0.5, 0.6) is 5.75 Å². The molecule has 0 radical (unpaired) electrons. The van der Waals surface area contributed by atoms with Crippen molar-refractivity contribution in [2.45, 2.75) is 117 Å². The summed E-state index contributed by atoms with van der Waals surface area (Å²) in [6.07, 6.45) is 1.56. The first-order chi connectivity index (χ1) is 35.9. The van der Waals surface area contributed by atoms with E-state index < -0.39 is 66.5 Å². The molecule has 6 heterocycles. The van der Waals surface area contributed by atoms with Crippen molar-refractivity contribution in [2.24, 2.45) is 21.7 Å². The molecule has 0 unspecified atom stereocenters. The second kappa shape index (κ2) is 20.7. The monoisotopic (exact) mass is 1090 g/mol. The molecule has 23 heteroatoms. The molecule has 5 aromatic rings. The summed E-state index contributed by atoms with van der Waals surface area (Å²) in [5.74, 6) is -1.87.